The van der Waals surface area contributed by atoms with E-state index in [0.29, 0.717) is 23.7 Å². The van der Waals surface area contributed by atoms with Gasteiger partial charge < -0.3 is 14.6 Å². The van der Waals surface area contributed by atoms with Crippen molar-refractivity contribution in [1.29, 1.82) is 0 Å². The summed E-state index contributed by atoms with van der Waals surface area (Å²) in [5.41, 5.74) is 1.66. The van der Waals surface area contributed by atoms with E-state index in [4.69, 9.17) is 14.6 Å². The molecular weight excluding hydrogens is 256 g/mol. The largest absolute Gasteiger partial charge is 0.497 e. The molecule has 0 saturated carbocycles. The number of aliphatic hydroxyl groups is 1. The van der Waals surface area contributed by atoms with Crippen molar-refractivity contribution in [3.63, 3.8) is 0 Å². The van der Waals surface area contributed by atoms with E-state index in [1.54, 1.807) is 30.1 Å². The Bertz CT molecular complexity index is 638. The van der Waals surface area contributed by atoms with Crippen LogP contribution in [0.4, 0.5) is 0 Å². The lowest BCUT2D eigenvalue weighted by atomic mass is 10.2. The molecule has 104 valence electrons. The third kappa shape index (κ3) is 3.53. The quantitative estimate of drug-likeness (QED) is 0.854. The molecule has 0 atom stereocenters. The van der Waals surface area contributed by atoms with Gasteiger partial charge in [-0.05, 0) is 18.2 Å². The minimum atomic E-state index is -0.195. The van der Waals surface area contributed by atoms with Gasteiger partial charge in [0.15, 0.2) is 0 Å². The number of benzene rings is 1. The molecule has 0 radical (unpaired) electrons. The molecule has 2 aromatic rings. The first-order valence-electron chi connectivity index (χ1n) is 6.11. The maximum absolute atomic E-state index is 8.80. The second-order valence-electron chi connectivity index (χ2n) is 4.13. The third-order valence-electron chi connectivity index (χ3n) is 2.64. The summed E-state index contributed by atoms with van der Waals surface area (Å²) in [6, 6.07) is 5.39. The van der Waals surface area contributed by atoms with E-state index in [9.17, 15) is 0 Å². The van der Waals surface area contributed by atoms with E-state index in [2.05, 4.69) is 16.9 Å². The van der Waals surface area contributed by atoms with Crippen LogP contribution >= 0.6 is 0 Å². The Morgan fingerprint density at radius 3 is 2.90 bits per heavy atom. The molecule has 0 aliphatic rings. The normalized spacial score (nSPS) is 9.75. The molecule has 1 heterocycles. The number of aromatic nitrogens is 2. The molecule has 0 aliphatic heterocycles. The van der Waals surface area contributed by atoms with Crippen molar-refractivity contribution in [3.05, 3.63) is 41.7 Å². The highest BCUT2D eigenvalue weighted by Gasteiger charge is 2.05. The lowest BCUT2D eigenvalue weighted by molar-refractivity contribution is 0.304. The van der Waals surface area contributed by atoms with Gasteiger partial charge in [0.1, 0.15) is 24.7 Å². The van der Waals surface area contributed by atoms with Crippen molar-refractivity contribution in [2.75, 3.05) is 13.7 Å². The Labute approximate surface area is 117 Å². The number of hydrogen-bond acceptors (Lipinski definition) is 4. The molecule has 1 N–H and O–H groups in total. The van der Waals surface area contributed by atoms with Gasteiger partial charge in [-0.2, -0.15) is 5.10 Å². The van der Waals surface area contributed by atoms with Gasteiger partial charge in [-0.1, -0.05) is 11.8 Å². The van der Waals surface area contributed by atoms with Gasteiger partial charge in [0.05, 0.1) is 18.9 Å². The maximum Gasteiger partial charge on any atom is 0.135 e. The standard InChI is InChI=1S/C15H16N2O3/c1-17-10-12(9-16-17)11-20-15-6-5-14(19-2)8-13(15)4-3-7-18/h5-6,8-10,18H,7,11H2,1-2H3. The average Bonchev–Trinajstić information content (AvgIpc) is 2.89. The minimum absolute atomic E-state index is 0.195. The summed E-state index contributed by atoms with van der Waals surface area (Å²) in [4.78, 5) is 0. The van der Waals surface area contributed by atoms with Gasteiger partial charge >= 0.3 is 0 Å². The average molecular weight is 272 g/mol. The van der Waals surface area contributed by atoms with Gasteiger partial charge in [0, 0.05) is 18.8 Å². The fraction of sp³-hybridized carbons (Fsp3) is 0.267. The first kappa shape index (κ1) is 14.0. The van der Waals surface area contributed by atoms with Crippen LogP contribution < -0.4 is 9.47 Å². The van der Waals surface area contributed by atoms with Gasteiger partial charge in [-0.3, -0.25) is 4.68 Å². The molecule has 1 aromatic carbocycles. The second-order valence-corrected chi connectivity index (χ2v) is 4.13. The Hall–Kier alpha value is -2.45. The van der Waals surface area contributed by atoms with Crippen molar-refractivity contribution in [3.8, 4) is 23.3 Å². The van der Waals surface area contributed by atoms with Crippen LogP contribution in [0.15, 0.2) is 30.6 Å². The summed E-state index contributed by atoms with van der Waals surface area (Å²) in [5, 5.41) is 12.9. The van der Waals surface area contributed by atoms with E-state index in [0.717, 1.165) is 5.56 Å². The fourth-order valence-electron chi connectivity index (χ4n) is 1.70. The summed E-state index contributed by atoms with van der Waals surface area (Å²) < 4.78 is 12.6. The van der Waals surface area contributed by atoms with Gasteiger partial charge in [-0.25, -0.2) is 0 Å². The number of rotatable bonds is 4. The van der Waals surface area contributed by atoms with Gasteiger partial charge in [0.25, 0.3) is 0 Å². The minimum Gasteiger partial charge on any atom is -0.497 e. The van der Waals surface area contributed by atoms with E-state index in [1.807, 2.05) is 19.3 Å². The van der Waals surface area contributed by atoms with Crippen molar-refractivity contribution < 1.29 is 14.6 Å². The molecule has 1 aromatic heterocycles. The lowest BCUT2D eigenvalue weighted by Gasteiger charge is -2.08. The second kappa shape index (κ2) is 6.64. The highest BCUT2D eigenvalue weighted by atomic mass is 16.5. The Balaban J connectivity index is 2.17. The predicted octanol–water partition coefficient (Wildman–Crippen LogP) is 1.35. The first-order valence-corrected chi connectivity index (χ1v) is 6.11. The zero-order chi connectivity index (χ0) is 14.4. The number of aryl methyl sites for hydroxylation is 1. The van der Waals surface area contributed by atoms with E-state index < -0.39 is 0 Å². The zero-order valence-corrected chi connectivity index (χ0v) is 11.5. The summed E-state index contributed by atoms with van der Waals surface area (Å²) in [6.45, 7) is 0.216. The predicted molar refractivity (Wildman–Crippen MR) is 74.5 cm³/mol. The number of ether oxygens (including phenoxy) is 2. The van der Waals surface area contributed by atoms with Crippen molar-refractivity contribution in [2.24, 2.45) is 7.05 Å². The monoisotopic (exact) mass is 272 g/mol. The smallest absolute Gasteiger partial charge is 0.135 e. The van der Waals surface area contributed by atoms with Crippen LogP contribution in [0, 0.1) is 11.8 Å². The molecule has 2 rings (SSSR count). The van der Waals surface area contributed by atoms with Crippen LogP contribution in [0.5, 0.6) is 11.5 Å². The topological polar surface area (TPSA) is 56.5 Å². The Morgan fingerprint density at radius 1 is 1.40 bits per heavy atom. The molecule has 0 bridgehead atoms. The molecule has 5 heteroatoms. The Morgan fingerprint density at radius 2 is 2.25 bits per heavy atom. The SMILES string of the molecule is COc1ccc(OCc2cnn(C)c2)c(C#CCO)c1. The highest BCUT2D eigenvalue weighted by Crippen LogP contribution is 2.24. The number of methoxy groups -OCH3 is 1. The van der Waals surface area contributed by atoms with Crippen LogP contribution in [-0.4, -0.2) is 28.6 Å². The molecular formula is C15H16N2O3. The fourth-order valence-corrected chi connectivity index (χ4v) is 1.70. The summed E-state index contributed by atoms with van der Waals surface area (Å²) >= 11 is 0. The van der Waals surface area contributed by atoms with Gasteiger partial charge in [-0.15, -0.1) is 0 Å². The molecule has 0 saturated heterocycles. The zero-order valence-electron chi connectivity index (χ0n) is 11.5. The molecule has 0 fully saturated rings. The lowest BCUT2D eigenvalue weighted by Crippen LogP contribution is -1.97. The maximum atomic E-state index is 8.80. The molecule has 0 aliphatic carbocycles. The van der Waals surface area contributed by atoms with Crippen LogP contribution in [0.25, 0.3) is 0 Å². The molecule has 20 heavy (non-hydrogen) atoms. The van der Waals surface area contributed by atoms with E-state index in [-0.39, 0.29) is 6.61 Å². The van der Waals surface area contributed by atoms with Crippen molar-refractivity contribution >= 4 is 0 Å². The number of hydrogen-bond donors (Lipinski definition) is 1. The summed E-state index contributed by atoms with van der Waals surface area (Å²) in [6.07, 6.45) is 3.64. The van der Waals surface area contributed by atoms with Crippen LogP contribution in [-0.2, 0) is 13.7 Å². The van der Waals surface area contributed by atoms with Crippen LogP contribution in [0.1, 0.15) is 11.1 Å². The van der Waals surface area contributed by atoms with Gasteiger partial charge in [0.2, 0.25) is 0 Å². The molecule has 0 unspecified atom stereocenters. The van der Waals surface area contributed by atoms with Crippen LogP contribution in [0.2, 0.25) is 0 Å². The first-order chi connectivity index (χ1) is 9.72. The molecule has 0 amide bonds. The molecule has 5 nitrogen and oxygen atoms in total. The van der Waals surface area contributed by atoms with E-state index in [1.165, 1.54) is 0 Å². The number of nitrogens with zero attached hydrogens (tertiary/aromatic N) is 2. The summed E-state index contributed by atoms with van der Waals surface area (Å²) in [5.74, 6) is 6.81. The summed E-state index contributed by atoms with van der Waals surface area (Å²) in [7, 11) is 3.45. The van der Waals surface area contributed by atoms with Crippen molar-refractivity contribution in [2.45, 2.75) is 6.61 Å². The van der Waals surface area contributed by atoms with E-state index >= 15 is 0 Å². The highest BCUT2D eigenvalue weighted by molar-refractivity contribution is 5.50. The number of aliphatic hydroxyl groups excluding tert-OH is 1. The third-order valence-corrected chi connectivity index (χ3v) is 2.64. The Kier molecular flexibility index (Phi) is 4.64. The van der Waals surface area contributed by atoms with Crippen molar-refractivity contribution in [1.82, 2.24) is 9.78 Å². The molecule has 0 spiro atoms. The van der Waals surface area contributed by atoms with Crippen LogP contribution in [0.3, 0.4) is 0 Å².